The molecule has 2 amide bonds. The molecule has 2 fully saturated rings. The molecule has 2 unspecified atom stereocenters. The molecule has 4 heterocycles. The molecule has 1 N–H and O–H groups in total. The molecule has 0 saturated carbocycles. The number of rotatable bonds is 3. The zero-order chi connectivity index (χ0) is 24.5. The number of hydrogen-bond acceptors (Lipinski definition) is 6. The van der Waals surface area contributed by atoms with Crippen molar-refractivity contribution in [2.45, 2.75) is 37.3 Å². The minimum atomic E-state index is -4.88. The number of halogens is 3. The van der Waals surface area contributed by atoms with Crippen LogP contribution in [0.5, 0.6) is 0 Å². The van der Waals surface area contributed by atoms with Gasteiger partial charge in [0.05, 0.1) is 17.8 Å². The Kier molecular flexibility index (Phi) is 4.59. The first-order valence-electron chi connectivity index (χ1n) is 10.9. The van der Waals surface area contributed by atoms with E-state index in [1.165, 1.54) is 11.9 Å². The van der Waals surface area contributed by atoms with Crippen molar-refractivity contribution < 1.29 is 41.4 Å². The van der Waals surface area contributed by atoms with Gasteiger partial charge >= 0.3 is 6.18 Å². The van der Waals surface area contributed by atoms with Gasteiger partial charge < -0.3 is 28.8 Å². The highest BCUT2D eigenvalue weighted by atomic mass is 19.4. The van der Waals surface area contributed by atoms with Crippen LogP contribution in [0.2, 0.25) is 0 Å². The Morgan fingerprint density at radius 1 is 1.29 bits per heavy atom. The number of anilines is 1. The molecule has 1 aromatic heterocycles. The topological polar surface area (TPSA) is 90.2 Å². The maximum atomic E-state index is 13.8. The molecule has 1 spiro atoms. The molecule has 8 nitrogen and oxygen atoms in total. The highest BCUT2D eigenvalue weighted by molar-refractivity contribution is 6.08. The minimum Gasteiger partial charge on any atom is -0.472 e. The van der Waals surface area contributed by atoms with Crippen LogP contribution in [0.3, 0.4) is 0 Å². The summed E-state index contributed by atoms with van der Waals surface area (Å²) in [6, 6.07) is 7.97. The fourth-order valence-electron chi connectivity index (χ4n) is 5.12. The number of fused-ring (bicyclic) bond motifs is 4. The van der Waals surface area contributed by atoms with E-state index in [0.29, 0.717) is 29.2 Å². The second kappa shape index (κ2) is 7.38. The van der Waals surface area contributed by atoms with E-state index >= 15 is 0 Å². The lowest BCUT2D eigenvalue weighted by Gasteiger charge is -2.23. The molecule has 11 heteroatoms. The highest BCUT2D eigenvalue weighted by Crippen LogP contribution is 2.55. The summed E-state index contributed by atoms with van der Waals surface area (Å²) in [6.45, 7) is -0.184. The zero-order valence-electron chi connectivity index (χ0n) is 18.4. The number of furan rings is 1. The Morgan fingerprint density at radius 3 is 2.86 bits per heavy atom. The van der Waals surface area contributed by atoms with Crippen molar-refractivity contribution >= 4 is 17.5 Å². The predicted molar refractivity (Wildman–Crippen MR) is 113 cm³/mol. The maximum Gasteiger partial charge on any atom is 0.450 e. The van der Waals surface area contributed by atoms with E-state index < -0.39 is 34.9 Å². The van der Waals surface area contributed by atoms with E-state index in [1.807, 2.05) is 6.08 Å². The summed E-state index contributed by atoms with van der Waals surface area (Å²) in [4.78, 5) is 27.2. The first-order valence-corrected chi connectivity index (χ1v) is 10.9. The highest BCUT2D eigenvalue weighted by Gasteiger charge is 2.59. The number of ether oxygens (including phenoxy) is 3. The van der Waals surface area contributed by atoms with Gasteiger partial charge in [-0.1, -0.05) is 18.2 Å². The van der Waals surface area contributed by atoms with Gasteiger partial charge in [0.1, 0.15) is 23.4 Å². The van der Waals surface area contributed by atoms with Crippen LogP contribution >= 0.6 is 0 Å². The van der Waals surface area contributed by atoms with Gasteiger partial charge in [-0.3, -0.25) is 9.59 Å². The number of alkyl halides is 3. The van der Waals surface area contributed by atoms with Crippen LogP contribution in [-0.4, -0.2) is 31.8 Å². The number of nitrogens with one attached hydrogen (secondary N) is 1. The summed E-state index contributed by atoms with van der Waals surface area (Å²) in [7, 11) is 1.23. The van der Waals surface area contributed by atoms with Crippen molar-refractivity contribution in [2.24, 2.45) is 0 Å². The van der Waals surface area contributed by atoms with E-state index in [4.69, 9.17) is 18.6 Å². The van der Waals surface area contributed by atoms with E-state index in [2.05, 4.69) is 5.32 Å². The molecule has 2 saturated heterocycles. The Hall–Kier alpha value is -3.73. The smallest absolute Gasteiger partial charge is 0.450 e. The average Bonchev–Trinajstić information content (AvgIpc) is 3.60. The monoisotopic (exact) mass is 488 g/mol. The van der Waals surface area contributed by atoms with Crippen molar-refractivity contribution in [1.82, 2.24) is 5.32 Å². The van der Waals surface area contributed by atoms with Crippen LogP contribution < -0.4 is 10.2 Å². The molecule has 2 atom stereocenters. The van der Waals surface area contributed by atoms with Crippen LogP contribution in [0.15, 0.2) is 57.9 Å². The number of hydrogen-bond donors (Lipinski definition) is 1. The van der Waals surface area contributed by atoms with E-state index in [9.17, 15) is 22.8 Å². The van der Waals surface area contributed by atoms with Gasteiger partial charge in [-0.25, -0.2) is 0 Å². The van der Waals surface area contributed by atoms with Gasteiger partial charge in [0, 0.05) is 31.0 Å². The van der Waals surface area contributed by atoms with Gasteiger partial charge in [0.2, 0.25) is 11.4 Å². The lowest BCUT2D eigenvalue weighted by atomic mass is 9.88. The molecule has 1 aromatic carbocycles. The summed E-state index contributed by atoms with van der Waals surface area (Å²) in [5.74, 6) is -1.77. The van der Waals surface area contributed by atoms with Crippen LogP contribution in [0.25, 0.3) is 0 Å². The number of amides is 2. The average molecular weight is 488 g/mol. The Labute approximate surface area is 196 Å². The van der Waals surface area contributed by atoms with Crippen molar-refractivity contribution in [3.05, 3.63) is 76.1 Å². The summed E-state index contributed by atoms with van der Waals surface area (Å²) >= 11 is 0. The Morgan fingerprint density at radius 2 is 2.09 bits per heavy atom. The van der Waals surface area contributed by atoms with Crippen LogP contribution in [-0.2, 0) is 37.3 Å². The van der Waals surface area contributed by atoms with Gasteiger partial charge in [0.25, 0.3) is 11.8 Å². The van der Waals surface area contributed by atoms with E-state index in [0.717, 1.165) is 11.6 Å². The molecule has 3 aliphatic heterocycles. The fraction of sp³-hybridized carbons (Fsp3) is 0.333. The molecule has 35 heavy (non-hydrogen) atoms. The van der Waals surface area contributed by atoms with Crippen LogP contribution in [0, 0.1) is 0 Å². The predicted octanol–water partition coefficient (Wildman–Crippen LogP) is 3.74. The molecule has 2 aromatic rings. The van der Waals surface area contributed by atoms with Crippen molar-refractivity contribution in [1.29, 1.82) is 0 Å². The third kappa shape index (κ3) is 3.10. The molecule has 0 bridgehead atoms. The molecule has 0 radical (unpaired) electrons. The molecule has 6 rings (SSSR count). The molecular weight excluding hydrogens is 469 g/mol. The number of allylic oxidation sites excluding steroid dienone is 1. The molecule has 4 aliphatic rings. The van der Waals surface area contributed by atoms with Crippen LogP contribution in [0.4, 0.5) is 18.9 Å². The summed E-state index contributed by atoms with van der Waals surface area (Å²) in [6.07, 6.45) is -2.47. The molecule has 1 aliphatic carbocycles. The second-order valence-corrected chi connectivity index (χ2v) is 8.61. The van der Waals surface area contributed by atoms with Crippen molar-refractivity contribution in [3.63, 3.8) is 0 Å². The number of carbonyl (C=O) groups is 2. The normalized spacial score (nSPS) is 24.7. The summed E-state index contributed by atoms with van der Waals surface area (Å²) in [5.41, 5.74) is -0.182. The molecular formula is C24H19F3N2O6. The van der Waals surface area contributed by atoms with E-state index in [-0.39, 0.29) is 31.6 Å². The Bertz CT molecular complexity index is 1330. The standard InChI is InChI=1S/C24H19F3N2O6/c1-28-21(30)13-8-12(34-20(13)24(25,26)27)10-29-16-5-3-2-4-15(16)23(22(29)31)9-14-17(35-23)6-7-18-19(14)33-11-32-18/h2-6,8,18H,7,9-11H2,1H3,(H,28,30). The quantitative estimate of drug-likeness (QED) is 0.708. The largest absolute Gasteiger partial charge is 0.472 e. The lowest BCUT2D eigenvalue weighted by Crippen LogP contribution is -2.39. The third-order valence-corrected chi connectivity index (χ3v) is 6.64. The number of nitrogens with zero attached hydrogens (tertiary/aromatic N) is 1. The minimum absolute atomic E-state index is 0.127. The fourth-order valence-corrected chi connectivity index (χ4v) is 5.12. The van der Waals surface area contributed by atoms with Gasteiger partial charge in [-0.15, -0.1) is 0 Å². The van der Waals surface area contributed by atoms with Crippen molar-refractivity contribution in [2.75, 3.05) is 18.7 Å². The summed E-state index contributed by atoms with van der Waals surface area (Å²) in [5, 5.41) is 2.18. The van der Waals surface area contributed by atoms with Crippen molar-refractivity contribution in [3.8, 4) is 0 Å². The number of carbonyl (C=O) groups excluding carboxylic acids is 2. The lowest BCUT2D eigenvalue weighted by molar-refractivity contribution is -0.153. The van der Waals surface area contributed by atoms with Gasteiger partial charge in [0.15, 0.2) is 6.79 Å². The first kappa shape index (κ1) is 21.8. The SMILES string of the molecule is CNC(=O)c1cc(CN2C(=O)C3(CC4=C5OCOC5CC=C4O3)c3ccccc32)oc1C(F)(F)F. The maximum absolute atomic E-state index is 13.8. The summed E-state index contributed by atoms with van der Waals surface area (Å²) < 4.78 is 63.0. The van der Waals surface area contributed by atoms with Crippen LogP contribution in [0.1, 0.15) is 40.3 Å². The first-order chi connectivity index (χ1) is 16.7. The van der Waals surface area contributed by atoms with E-state index in [1.54, 1.807) is 24.3 Å². The van der Waals surface area contributed by atoms with Gasteiger partial charge in [-0.05, 0) is 18.2 Å². The second-order valence-electron chi connectivity index (χ2n) is 8.61. The zero-order valence-corrected chi connectivity index (χ0v) is 18.4. The number of benzene rings is 1. The third-order valence-electron chi connectivity index (χ3n) is 6.64. The number of para-hydroxylation sites is 1. The van der Waals surface area contributed by atoms with Gasteiger partial charge in [-0.2, -0.15) is 13.2 Å². The Balaban J connectivity index is 1.39. The molecule has 182 valence electrons.